The van der Waals surface area contributed by atoms with Crippen molar-refractivity contribution in [1.29, 1.82) is 0 Å². The highest BCUT2D eigenvalue weighted by Gasteiger charge is 2.26. The van der Waals surface area contributed by atoms with Gasteiger partial charge >= 0.3 is 5.97 Å². The molecule has 6 heteroatoms. The number of rotatable bonds is 9. The van der Waals surface area contributed by atoms with Crippen molar-refractivity contribution in [1.82, 2.24) is 10.6 Å². The largest absolute Gasteiger partial charge is 0.454 e. The van der Waals surface area contributed by atoms with Crippen LogP contribution in [0.1, 0.15) is 61.9 Å². The standard InChI is InChI=1S/C23H32N2O4/c1-16(2)21(25-22(27)19-11-9-17(3)10-12-19)23(28)29-15-20(26)24-14-13-18-7-5-4-6-8-18/h7,9-12,16,21H,4-6,8,13-15H2,1-3H3,(H,24,26)(H,25,27)/t21-/m0/s1. The van der Waals surface area contributed by atoms with Crippen LogP contribution in [-0.4, -0.2) is 37.0 Å². The lowest BCUT2D eigenvalue weighted by Crippen LogP contribution is -2.46. The summed E-state index contributed by atoms with van der Waals surface area (Å²) < 4.78 is 5.15. The summed E-state index contributed by atoms with van der Waals surface area (Å²) in [5.41, 5.74) is 2.91. The Kier molecular flexibility index (Phi) is 8.90. The third-order valence-corrected chi connectivity index (χ3v) is 5.02. The Labute approximate surface area is 173 Å². The topological polar surface area (TPSA) is 84.5 Å². The van der Waals surface area contributed by atoms with E-state index in [9.17, 15) is 14.4 Å². The normalized spacial score (nSPS) is 14.7. The number of carbonyl (C=O) groups excluding carboxylic acids is 3. The van der Waals surface area contributed by atoms with Crippen LogP contribution in [0, 0.1) is 12.8 Å². The molecule has 1 aliphatic rings. The third-order valence-electron chi connectivity index (χ3n) is 5.02. The summed E-state index contributed by atoms with van der Waals surface area (Å²) in [5.74, 6) is -1.45. The Hall–Kier alpha value is -2.63. The summed E-state index contributed by atoms with van der Waals surface area (Å²) in [6.45, 7) is 5.77. The van der Waals surface area contributed by atoms with Gasteiger partial charge in [-0.05, 0) is 57.1 Å². The van der Waals surface area contributed by atoms with Crippen molar-refractivity contribution in [2.24, 2.45) is 5.92 Å². The van der Waals surface area contributed by atoms with Crippen molar-refractivity contribution in [2.75, 3.05) is 13.2 Å². The molecule has 0 unspecified atom stereocenters. The number of amides is 2. The number of carbonyl (C=O) groups is 3. The van der Waals surface area contributed by atoms with Gasteiger partial charge in [0.25, 0.3) is 11.8 Å². The summed E-state index contributed by atoms with van der Waals surface area (Å²) >= 11 is 0. The number of ether oxygens (including phenoxy) is 1. The molecule has 0 aliphatic heterocycles. The SMILES string of the molecule is Cc1ccc(C(=O)N[C@H](C(=O)OCC(=O)NCCC2=CCCCC2)C(C)C)cc1. The highest BCUT2D eigenvalue weighted by Crippen LogP contribution is 2.19. The molecular formula is C23H32N2O4. The Bertz CT molecular complexity index is 738. The lowest BCUT2D eigenvalue weighted by molar-refractivity contribution is -0.151. The van der Waals surface area contributed by atoms with Crippen molar-refractivity contribution in [3.05, 3.63) is 47.0 Å². The minimum atomic E-state index is -0.816. The summed E-state index contributed by atoms with van der Waals surface area (Å²) in [6.07, 6.45) is 7.75. The smallest absolute Gasteiger partial charge is 0.329 e. The van der Waals surface area contributed by atoms with Crippen molar-refractivity contribution < 1.29 is 19.1 Å². The van der Waals surface area contributed by atoms with E-state index in [2.05, 4.69) is 16.7 Å². The predicted octanol–water partition coefficient (Wildman–Crippen LogP) is 3.30. The zero-order valence-electron chi connectivity index (χ0n) is 17.6. The fraction of sp³-hybridized carbons (Fsp3) is 0.522. The number of aryl methyl sites for hydroxylation is 1. The van der Waals surface area contributed by atoms with Gasteiger partial charge in [0, 0.05) is 12.1 Å². The molecule has 1 atom stereocenters. The first-order valence-corrected chi connectivity index (χ1v) is 10.4. The van der Waals surface area contributed by atoms with Crippen LogP contribution >= 0.6 is 0 Å². The highest BCUT2D eigenvalue weighted by molar-refractivity contribution is 5.97. The first kappa shape index (κ1) is 22.7. The summed E-state index contributed by atoms with van der Waals surface area (Å²) in [4.78, 5) is 36.8. The Morgan fingerprint density at radius 2 is 1.83 bits per heavy atom. The maximum atomic E-state index is 12.4. The fourth-order valence-corrected chi connectivity index (χ4v) is 3.20. The Balaban J connectivity index is 1.77. The number of hydrogen-bond acceptors (Lipinski definition) is 4. The van der Waals surface area contributed by atoms with E-state index in [0.717, 1.165) is 24.8 Å². The average molecular weight is 401 g/mol. The molecule has 158 valence electrons. The van der Waals surface area contributed by atoms with Gasteiger partial charge in [-0.2, -0.15) is 0 Å². The Morgan fingerprint density at radius 3 is 2.45 bits per heavy atom. The maximum Gasteiger partial charge on any atom is 0.329 e. The summed E-state index contributed by atoms with van der Waals surface area (Å²) in [5, 5.41) is 5.49. The molecule has 0 spiro atoms. The zero-order valence-corrected chi connectivity index (χ0v) is 17.6. The molecule has 1 aromatic carbocycles. The van der Waals surface area contributed by atoms with Gasteiger partial charge in [0.1, 0.15) is 6.04 Å². The fourth-order valence-electron chi connectivity index (χ4n) is 3.20. The van der Waals surface area contributed by atoms with E-state index in [4.69, 9.17) is 4.74 Å². The van der Waals surface area contributed by atoms with E-state index in [0.29, 0.717) is 12.1 Å². The molecule has 0 radical (unpaired) electrons. The first-order valence-electron chi connectivity index (χ1n) is 10.4. The van der Waals surface area contributed by atoms with Crippen molar-refractivity contribution in [2.45, 2.75) is 58.9 Å². The van der Waals surface area contributed by atoms with Gasteiger partial charge in [-0.3, -0.25) is 9.59 Å². The van der Waals surface area contributed by atoms with Gasteiger partial charge in [-0.25, -0.2) is 4.79 Å². The molecule has 0 saturated carbocycles. The highest BCUT2D eigenvalue weighted by atomic mass is 16.5. The van der Waals surface area contributed by atoms with Crippen LogP contribution in [0.4, 0.5) is 0 Å². The average Bonchev–Trinajstić information content (AvgIpc) is 2.71. The second kappa shape index (κ2) is 11.4. The number of hydrogen-bond donors (Lipinski definition) is 2. The summed E-state index contributed by atoms with van der Waals surface area (Å²) in [6, 6.07) is 6.28. The second-order valence-corrected chi connectivity index (χ2v) is 7.88. The second-order valence-electron chi connectivity index (χ2n) is 7.88. The van der Waals surface area contributed by atoms with Gasteiger partial charge in [0.2, 0.25) is 0 Å². The Morgan fingerprint density at radius 1 is 1.10 bits per heavy atom. The van der Waals surface area contributed by atoms with Gasteiger partial charge in [0.05, 0.1) is 0 Å². The van der Waals surface area contributed by atoms with E-state index in [1.165, 1.54) is 18.4 Å². The predicted molar refractivity (Wildman–Crippen MR) is 112 cm³/mol. The monoisotopic (exact) mass is 400 g/mol. The number of nitrogens with one attached hydrogen (secondary N) is 2. The van der Waals surface area contributed by atoms with E-state index in [1.54, 1.807) is 12.1 Å². The molecule has 1 aliphatic carbocycles. The molecule has 29 heavy (non-hydrogen) atoms. The molecule has 2 amide bonds. The lowest BCUT2D eigenvalue weighted by Gasteiger charge is -2.21. The van der Waals surface area contributed by atoms with E-state index in [1.807, 2.05) is 32.9 Å². The van der Waals surface area contributed by atoms with Crippen LogP contribution in [0.25, 0.3) is 0 Å². The minimum Gasteiger partial charge on any atom is -0.454 e. The zero-order chi connectivity index (χ0) is 21.2. The van der Waals surface area contributed by atoms with Crippen LogP contribution in [0.3, 0.4) is 0 Å². The van der Waals surface area contributed by atoms with Crippen molar-refractivity contribution in [3.8, 4) is 0 Å². The van der Waals surface area contributed by atoms with E-state index >= 15 is 0 Å². The van der Waals surface area contributed by atoms with E-state index < -0.39 is 12.0 Å². The molecule has 2 rings (SSSR count). The van der Waals surface area contributed by atoms with Crippen molar-refractivity contribution >= 4 is 17.8 Å². The summed E-state index contributed by atoms with van der Waals surface area (Å²) in [7, 11) is 0. The quantitative estimate of drug-likeness (QED) is 0.492. The minimum absolute atomic E-state index is 0.168. The van der Waals surface area contributed by atoms with Gasteiger partial charge in [0.15, 0.2) is 6.61 Å². The third kappa shape index (κ3) is 7.72. The molecule has 0 fully saturated rings. The van der Waals surface area contributed by atoms with Crippen molar-refractivity contribution in [3.63, 3.8) is 0 Å². The number of benzene rings is 1. The van der Waals surface area contributed by atoms with Gasteiger partial charge < -0.3 is 15.4 Å². The van der Waals surface area contributed by atoms with Gasteiger partial charge in [-0.15, -0.1) is 0 Å². The van der Waals surface area contributed by atoms with Crippen LogP contribution in [0.5, 0.6) is 0 Å². The maximum absolute atomic E-state index is 12.4. The molecule has 1 aromatic rings. The number of allylic oxidation sites excluding steroid dienone is 1. The lowest BCUT2D eigenvalue weighted by atomic mass is 9.97. The van der Waals surface area contributed by atoms with Crippen LogP contribution in [-0.2, 0) is 14.3 Å². The molecule has 0 saturated heterocycles. The molecule has 0 bridgehead atoms. The van der Waals surface area contributed by atoms with Gasteiger partial charge in [-0.1, -0.05) is 43.2 Å². The molecular weight excluding hydrogens is 368 g/mol. The molecule has 0 aromatic heterocycles. The van der Waals surface area contributed by atoms with Crippen LogP contribution < -0.4 is 10.6 Å². The molecule has 6 nitrogen and oxygen atoms in total. The van der Waals surface area contributed by atoms with Crippen LogP contribution in [0.15, 0.2) is 35.9 Å². The van der Waals surface area contributed by atoms with E-state index in [-0.39, 0.29) is 24.3 Å². The number of esters is 1. The molecule has 0 heterocycles. The first-order chi connectivity index (χ1) is 13.9. The molecule has 2 N–H and O–H groups in total. The van der Waals surface area contributed by atoms with Crippen LogP contribution in [0.2, 0.25) is 0 Å².